The van der Waals surface area contributed by atoms with Crippen LogP contribution in [0.1, 0.15) is 18.1 Å². The van der Waals surface area contributed by atoms with Crippen molar-refractivity contribution < 1.29 is 0 Å². The molecule has 0 N–H and O–H groups in total. The first-order valence-corrected chi connectivity index (χ1v) is 5.49. The lowest BCUT2D eigenvalue weighted by Crippen LogP contribution is -2.19. The molecule has 1 heteroatoms. The van der Waals surface area contributed by atoms with E-state index in [9.17, 15) is 0 Å². The van der Waals surface area contributed by atoms with E-state index in [1.807, 2.05) is 0 Å². The maximum atomic E-state index is 4.10. The van der Waals surface area contributed by atoms with Gasteiger partial charge in [-0.05, 0) is 31.1 Å². The fraction of sp³-hybridized carbons (Fsp3) is 0.200. The standard InChI is InChI=1S/C15H17N/c1-11-9-10-15(16(4)13(11)3)14-8-6-5-7-12(14)2/h5-10H,3H2,1-2,4H3. The van der Waals surface area contributed by atoms with E-state index in [4.69, 9.17) is 0 Å². The second-order valence-corrected chi connectivity index (χ2v) is 4.22. The summed E-state index contributed by atoms with van der Waals surface area (Å²) in [5.41, 5.74) is 6.07. The molecule has 0 spiro atoms. The largest absolute Gasteiger partial charge is 0.344 e. The Balaban J connectivity index is 2.50. The van der Waals surface area contributed by atoms with Gasteiger partial charge in [0.1, 0.15) is 0 Å². The van der Waals surface area contributed by atoms with Crippen LogP contribution in [0, 0.1) is 6.92 Å². The molecule has 0 atom stereocenters. The number of likely N-dealkylation sites (N-methyl/N-ethyl adjacent to an activating group) is 1. The van der Waals surface area contributed by atoms with Crippen molar-refractivity contribution in [1.82, 2.24) is 4.90 Å². The van der Waals surface area contributed by atoms with E-state index in [1.54, 1.807) is 0 Å². The van der Waals surface area contributed by atoms with Crippen LogP contribution in [0.15, 0.2) is 54.3 Å². The van der Waals surface area contributed by atoms with Crippen LogP contribution >= 0.6 is 0 Å². The third-order valence-electron chi connectivity index (χ3n) is 3.13. The molecule has 2 rings (SSSR count). The Bertz CT molecular complexity index is 492. The van der Waals surface area contributed by atoms with Gasteiger partial charge in [0.25, 0.3) is 0 Å². The van der Waals surface area contributed by atoms with Crippen LogP contribution in [-0.4, -0.2) is 11.9 Å². The van der Waals surface area contributed by atoms with Crippen molar-refractivity contribution in [2.45, 2.75) is 13.8 Å². The fourth-order valence-electron chi connectivity index (χ4n) is 1.95. The highest BCUT2D eigenvalue weighted by atomic mass is 15.1. The van der Waals surface area contributed by atoms with Gasteiger partial charge < -0.3 is 4.90 Å². The summed E-state index contributed by atoms with van der Waals surface area (Å²) in [6.45, 7) is 8.32. The van der Waals surface area contributed by atoms with E-state index in [1.165, 1.54) is 22.4 Å². The number of benzene rings is 1. The molecule has 82 valence electrons. The Hall–Kier alpha value is -1.76. The van der Waals surface area contributed by atoms with Crippen molar-refractivity contribution in [2.24, 2.45) is 0 Å². The molecule has 0 unspecified atom stereocenters. The van der Waals surface area contributed by atoms with Crippen LogP contribution < -0.4 is 0 Å². The molecule has 0 aliphatic carbocycles. The SMILES string of the molecule is C=C1C(C)=CC=C(c2ccccc2C)N1C. The molecule has 0 aromatic heterocycles. The third kappa shape index (κ3) is 1.69. The highest BCUT2D eigenvalue weighted by Crippen LogP contribution is 2.30. The first-order valence-electron chi connectivity index (χ1n) is 5.49. The number of nitrogens with zero attached hydrogens (tertiary/aromatic N) is 1. The maximum absolute atomic E-state index is 4.10. The van der Waals surface area contributed by atoms with Crippen molar-refractivity contribution in [1.29, 1.82) is 0 Å². The summed E-state index contributed by atoms with van der Waals surface area (Å²) in [6, 6.07) is 8.43. The average molecular weight is 211 g/mol. The van der Waals surface area contributed by atoms with Gasteiger partial charge in [0.15, 0.2) is 0 Å². The van der Waals surface area contributed by atoms with Crippen molar-refractivity contribution in [3.05, 3.63) is 65.4 Å². The summed E-state index contributed by atoms with van der Waals surface area (Å²) < 4.78 is 0. The number of hydrogen-bond acceptors (Lipinski definition) is 1. The highest BCUT2D eigenvalue weighted by Gasteiger charge is 2.15. The molecular formula is C15H17N. The predicted octanol–water partition coefficient (Wildman–Crippen LogP) is 3.74. The third-order valence-corrected chi connectivity index (χ3v) is 3.13. The van der Waals surface area contributed by atoms with E-state index in [2.05, 4.69) is 68.8 Å². The van der Waals surface area contributed by atoms with Crippen LogP contribution in [0.3, 0.4) is 0 Å². The molecule has 0 saturated carbocycles. The molecule has 0 amide bonds. The van der Waals surface area contributed by atoms with E-state index >= 15 is 0 Å². The number of aryl methyl sites for hydroxylation is 1. The van der Waals surface area contributed by atoms with Crippen molar-refractivity contribution in [2.75, 3.05) is 7.05 Å². The Labute approximate surface area is 97.4 Å². The molecular weight excluding hydrogens is 194 g/mol. The molecule has 1 aliphatic rings. The van der Waals surface area contributed by atoms with Gasteiger partial charge in [-0.2, -0.15) is 0 Å². The van der Waals surface area contributed by atoms with Gasteiger partial charge in [0.05, 0.1) is 0 Å². The van der Waals surface area contributed by atoms with E-state index < -0.39 is 0 Å². The van der Waals surface area contributed by atoms with Gasteiger partial charge >= 0.3 is 0 Å². The number of hydrogen-bond donors (Lipinski definition) is 0. The van der Waals surface area contributed by atoms with E-state index in [-0.39, 0.29) is 0 Å². The van der Waals surface area contributed by atoms with Gasteiger partial charge in [0, 0.05) is 24.0 Å². The van der Waals surface area contributed by atoms with Crippen LogP contribution in [0.5, 0.6) is 0 Å². The number of rotatable bonds is 1. The van der Waals surface area contributed by atoms with Gasteiger partial charge in [-0.3, -0.25) is 0 Å². The molecule has 1 heterocycles. The van der Waals surface area contributed by atoms with Crippen LogP contribution in [0.25, 0.3) is 5.70 Å². The van der Waals surface area contributed by atoms with Crippen molar-refractivity contribution >= 4 is 5.70 Å². The predicted molar refractivity (Wildman–Crippen MR) is 69.8 cm³/mol. The first kappa shape index (κ1) is 10.7. The van der Waals surface area contributed by atoms with E-state index in [0.717, 1.165) is 5.70 Å². The molecule has 1 aliphatic heterocycles. The lowest BCUT2D eigenvalue weighted by Gasteiger charge is -2.29. The zero-order chi connectivity index (χ0) is 11.7. The quantitative estimate of drug-likeness (QED) is 0.684. The van der Waals surface area contributed by atoms with Gasteiger partial charge in [-0.1, -0.05) is 36.9 Å². The van der Waals surface area contributed by atoms with Crippen LogP contribution in [-0.2, 0) is 0 Å². The molecule has 1 aromatic rings. The summed E-state index contributed by atoms with van der Waals surface area (Å²) in [4.78, 5) is 2.15. The second-order valence-electron chi connectivity index (χ2n) is 4.22. The topological polar surface area (TPSA) is 3.24 Å². The summed E-state index contributed by atoms with van der Waals surface area (Å²) in [5, 5.41) is 0. The number of allylic oxidation sites excluding steroid dienone is 3. The Morgan fingerprint density at radius 1 is 1.06 bits per heavy atom. The first-order chi connectivity index (χ1) is 7.61. The highest BCUT2D eigenvalue weighted by molar-refractivity contribution is 5.72. The summed E-state index contributed by atoms with van der Waals surface area (Å²) in [7, 11) is 2.07. The second kappa shape index (κ2) is 4.01. The minimum atomic E-state index is 1.07. The molecule has 0 saturated heterocycles. The molecule has 1 nitrogen and oxygen atoms in total. The Morgan fingerprint density at radius 3 is 2.44 bits per heavy atom. The lowest BCUT2D eigenvalue weighted by molar-refractivity contribution is 0.603. The minimum absolute atomic E-state index is 1.07. The zero-order valence-electron chi connectivity index (χ0n) is 10.1. The normalized spacial score (nSPS) is 15.9. The smallest absolute Gasteiger partial charge is 0.0484 e. The van der Waals surface area contributed by atoms with E-state index in [0.29, 0.717) is 0 Å². The monoisotopic (exact) mass is 211 g/mol. The molecule has 0 radical (unpaired) electrons. The molecule has 0 fully saturated rings. The minimum Gasteiger partial charge on any atom is -0.344 e. The van der Waals surface area contributed by atoms with Gasteiger partial charge in [-0.15, -0.1) is 0 Å². The molecule has 0 bridgehead atoms. The summed E-state index contributed by atoms with van der Waals surface area (Å²) in [5.74, 6) is 0. The van der Waals surface area contributed by atoms with Crippen LogP contribution in [0.4, 0.5) is 0 Å². The molecule has 16 heavy (non-hydrogen) atoms. The van der Waals surface area contributed by atoms with Crippen molar-refractivity contribution in [3.8, 4) is 0 Å². The van der Waals surface area contributed by atoms with Gasteiger partial charge in [-0.25, -0.2) is 0 Å². The Kier molecular flexibility index (Phi) is 2.69. The summed E-state index contributed by atoms with van der Waals surface area (Å²) in [6.07, 6.45) is 4.29. The Morgan fingerprint density at radius 2 is 1.75 bits per heavy atom. The van der Waals surface area contributed by atoms with Crippen molar-refractivity contribution in [3.63, 3.8) is 0 Å². The van der Waals surface area contributed by atoms with Gasteiger partial charge in [0.2, 0.25) is 0 Å². The zero-order valence-corrected chi connectivity index (χ0v) is 10.1. The lowest BCUT2D eigenvalue weighted by atomic mass is 10.0. The molecule has 1 aromatic carbocycles. The van der Waals surface area contributed by atoms with Crippen LogP contribution in [0.2, 0.25) is 0 Å². The fourth-order valence-corrected chi connectivity index (χ4v) is 1.95. The maximum Gasteiger partial charge on any atom is 0.0484 e. The summed E-state index contributed by atoms with van der Waals surface area (Å²) >= 11 is 0. The average Bonchev–Trinajstić information content (AvgIpc) is 2.28.